The van der Waals surface area contributed by atoms with Gasteiger partial charge in [0.2, 0.25) is 0 Å². The molecule has 110 valence electrons. The molecule has 1 heterocycles. The van der Waals surface area contributed by atoms with E-state index in [0.29, 0.717) is 18.3 Å². The van der Waals surface area contributed by atoms with E-state index in [-0.39, 0.29) is 5.91 Å². The van der Waals surface area contributed by atoms with Crippen LogP contribution in [0.2, 0.25) is 0 Å². The molecular weight excluding hydrogens is 254 g/mol. The Hall–Kier alpha value is -1.46. The van der Waals surface area contributed by atoms with Gasteiger partial charge in [0, 0.05) is 6.20 Å². The van der Waals surface area contributed by atoms with E-state index < -0.39 is 0 Å². The number of carbonyl (C=O) groups excluding carboxylic acids is 1. The average molecular weight is 277 g/mol. The largest absolute Gasteiger partial charge is 0.372 e. The first-order valence-corrected chi connectivity index (χ1v) is 7.17. The lowest BCUT2D eigenvalue weighted by molar-refractivity contribution is -0.00876. The number of rotatable bonds is 4. The maximum atomic E-state index is 11.3. The SMILES string of the molecule is CC1CCC(OCc2ccc(C(=O)NN)cn2)CC1C. The number of nitrogens with two attached hydrogens (primary N) is 1. The van der Waals surface area contributed by atoms with Crippen LogP contribution >= 0.6 is 0 Å². The highest BCUT2D eigenvalue weighted by atomic mass is 16.5. The van der Waals surface area contributed by atoms with E-state index in [0.717, 1.165) is 30.4 Å². The van der Waals surface area contributed by atoms with Crippen LogP contribution in [0.1, 0.15) is 49.2 Å². The fourth-order valence-corrected chi connectivity index (χ4v) is 2.58. The Bertz CT molecular complexity index is 447. The summed E-state index contributed by atoms with van der Waals surface area (Å²) in [4.78, 5) is 15.5. The van der Waals surface area contributed by atoms with Crippen molar-refractivity contribution in [2.75, 3.05) is 0 Å². The number of hydrazine groups is 1. The van der Waals surface area contributed by atoms with E-state index in [1.54, 1.807) is 12.1 Å². The Balaban J connectivity index is 1.84. The predicted octanol–water partition coefficient (Wildman–Crippen LogP) is 2.03. The highest BCUT2D eigenvalue weighted by Crippen LogP contribution is 2.31. The highest BCUT2D eigenvalue weighted by Gasteiger charge is 2.24. The monoisotopic (exact) mass is 277 g/mol. The molecule has 1 amide bonds. The van der Waals surface area contributed by atoms with E-state index in [9.17, 15) is 4.79 Å². The molecule has 1 aromatic rings. The summed E-state index contributed by atoms with van der Waals surface area (Å²) in [6, 6.07) is 3.51. The second kappa shape index (κ2) is 6.81. The van der Waals surface area contributed by atoms with Gasteiger partial charge < -0.3 is 4.74 Å². The summed E-state index contributed by atoms with van der Waals surface area (Å²) in [6.45, 7) is 5.10. The molecule has 1 saturated carbocycles. The van der Waals surface area contributed by atoms with Gasteiger partial charge in [-0.3, -0.25) is 15.2 Å². The standard InChI is InChI=1S/C15H23N3O2/c1-10-3-6-14(7-11(10)2)20-9-13-5-4-12(8-17-13)15(19)18-16/h4-5,8,10-11,14H,3,6-7,9,16H2,1-2H3,(H,18,19). The molecule has 2 rings (SSSR count). The minimum absolute atomic E-state index is 0.329. The normalized spacial score (nSPS) is 26.2. The first-order valence-electron chi connectivity index (χ1n) is 7.17. The topological polar surface area (TPSA) is 77.2 Å². The lowest BCUT2D eigenvalue weighted by Gasteiger charge is -2.31. The summed E-state index contributed by atoms with van der Waals surface area (Å²) in [6.07, 6.45) is 5.32. The van der Waals surface area contributed by atoms with Gasteiger partial charge in [0.05, 0.1) is 24.0 Å². The zero-order chi connectivity index (χ0) is 14.5. The van der Waals surface area contributed by atoms with Crippen molar-refractivity contribution < 1.29 is 9.53 Å². The first kappa shape index (κ1) is 14.9. The zero-order valence-corrected chi connectivity index (χ0v) is 12.1. The van der Waals surface area contributed by atoms with Crippen molar-refractivity contribution in [3.05, 3.63) is 29.6 Å². The molecule has 1 aliphatic carbocycles. The van der Waals surface area contributed by atoms with Crippen molar-refractivity contribution in [2.45, 2.75) is 45.8 Å². The third-order valence-corrected chi connectivity index (χ3v) is 4.24. The molecule has 1 fully saturated rings. The molecule has 3 atom stereocenters. The van der Waals surface area contributed by atoms with Crippen LogP contribution in [0.15, 0.2) is 18.3 Å². The van der Waals surface area contributed by atoms with Gasteiger partial charge in [-0.05, 0) is 43.2 Å². The number of amides is 1. The maximum Gasteiger partial charge on any atom is 0.266 e. The minimum Gasteiger partial charge on any atom is -0.372 e. The van der Waals surface area contributed by atoms with Crippen LogP contribution in [0.3, 0.4) is 0 Å². The van der Waals surface area contributed by atoms with Gasteiger partial charge in [-0.1, -0.05) is 13.8 Å². The van der Waals surface area contributed by atoms with Crippen LogP contribution in [0.4, 0.5) is 0 Å². The quantitative estimate of drug-likeness (QED) is 0.501. The Morgan fingerprint density at radius 2 is 2.20 bits per heavy atom. The third kappa shape index (κ3) is 3.77. The fraction of sp³-hybridized carbons (Fsp3) is 0.600. The van der Waals surface area contributed by atoms with E-state index in [1.165, 1.54) is 12.6 Å². The Morgan fingerprint density at radius 3 is 2.80 bits per heavy atom. The van der Waals surface area contributed by atoms with Crippen LogP contribution in [-0.4, -0.2) is 17.0 Å². The molecule has 0 saturated heterocycles. The van der Waals surface area contributed by atoms with Gasteiger partial charge in [-0.2, -0.15) is 0 Å². The van der Waals surface area contributed by atoms with Gasteiger partial charge in [-0.25, -0.2) is 5.84 Å². The van der Waals surface area contributed by atoms with Crippen molar-refractivity contribution in [3.8, 4) is 0 Å². The molecule has 5 nitrogen and oxygen atoms in total. The smallest absolute Gasteiger partial charge is 0.266 e. The highest BCUT2D eigenvalue weighted by molar-refractivity contribution is 5.93. The van der Waals surface area contributed by atoms with Gasteiger partial charge >= 0.3 is 0 Å². The summed E-state index contributed by atoms with van der Waals surface area (Å²) < 4.78 is 5.93. The second-order valence-electron chi connectivity index (χ2n) is 5.71. The second-order valence-corrected chi connectivity index (χ2v) is 5.71. The van der Waals surface area contributed by atoms with Crippen molar-refractivity contribution in [1.82, 2.24) is 10.4 Å². The number of aromatic nitrogens is 1. The van der Waals surface area contributed by atoms with Crippen molar-refractivity contribution in [2.24, 2.45) is 17.7 Å². The molecule has 3 unspecified atom stereocenters. The van der Waals surface area contributed by atoms with Gasteiger partial charge in [-0.15, -0.1) is 0 Å². The number of ether oxygens (including phenoxy) is 1. The average Bonchev–Trinajstić information content (AvgIpc) is 2.48. The van der Waals surface area contributed by atoms with Gasteiger partial charge in [0.25, 0.3) is 5.91 Å². The summed E-state index contributed by atoms with van der Waals surface area (Å²) in [5, 5.41) is 0. The molecule has 1 aromatic heterocycles. The Kier molecular flexibility index (Phi) is 5.09. The maximum absolute atomic E-state index is 11.3. The molecule has 1 aliphatic rings. The molecule has 3 N–H and O–H groups in total. The lowest BCUT2D eigenvalue weighted by atomic mass is 9.80. The zero-order valence-electron chi connectivity index (χ0n) is 12.1. The number of hydrogen-bond acceptors (Lipinski definition) is 4. The molecule has 5 heteroatoms. The van der Waals surface area contributed by atoms with Crippen molar-refractivity contribution in [1.29, 1.82) is 0 Å². The van der Waals surface area contributed by atoms with Crippen LogP contribution < -0.4 is 11.3 Å². The fourth-order valence-electron chi connectivity index (χ4n) is 2.58. The van der Waals surface area contributed by atoms with Crippen LogP contribution in [-0.2, 0) is 11.3 Å². The predicted molar refractivity (Wildman–Crippen MR) is 76.6 cm³/mol. The summed E-state index contributed by atoms with van der Waals surface area (Å²) in [7, 11) is 0. The molecule has 0 bridgehead atoms. The molecule has 0 aromatic carbocycles. The number of nitrogens with zero attached hydrogens (tertiary/aromatic N) is 1. The van der Waals surface area contributed by atoms with Gasteiger partial charge in [0.1, 0.15) is 0 Å². The number of nitrogens with one attached hydrogen (secondary N) is 1. The Labute approximate surface area is 119 Å². The molecule has 0 spiro atoms. The molecule has 0 aliphatic heterocycles. The van der Waals surface area contributed by atoms with Crippen molar-refractivity contribution in [3.63, 3.8) is 0 Å². The first-order chi connectivity index (χ1) is 9.60. The van der Waals surface area contributed by atoms with Crippen molar-refractivity contribution >= 4 is 5.91 Å². The van der Waals surface area contributed by atoms with Gasteiger partial charge in [0.15, 0.2) is 0 Å². The third-order valence-electron chi connectivity index (χ3n) is 4.24. The van der Waals surface area contributed by atoms with Crippen LogP contribution in [0.5, 0.6) is 0 Å². The number of carbonyl (C=O) groups is 1. The molecule has 0 radical (unpaired) electrons. The van der Waals surface area contributed by atoms with E-state index >= 15 is 0 Å². The van der Waals surface area contributed by atoms with E-state index in [4.69, 9.17) is 10.6 Å². The minimum atomic E-state index is -0.333. The molecule has 20 heavy (non-hydrogen) atoms. The Morgan fingerprint density at radius 1 is 1.40 bits per heavy atom. The van der Waals surface area contributed by atoms with E-state index in [1.807, 2.05) is 0 Å². The van der Waals surface area contributed by atoms with Crippen LogP contribution in [0.25, 0.3) is 0 Å². The lowest BCUT2D eigenvalue weighted by Crippen LogP contribution is -2.30. The summed E-state index contributed by atoms with van der Waals surface area (Å²) in [5.41, 5.74) is 3.38. The summed E-state index contributed by atoms with van der Waals surface area (Å²) >= 11 is 0. The van der Waals surface area contributed by atoms with E-state index in [2.05, 4.69) is 24.3 Å². The van der Waals surface area contributed by atoms with Crippen LogP contribution in [0, 0.1) is 11.8 Å². The summed E-state index contributed by atoms with van der Waals surface area (Å²) in [5.74, 6) is 6.25. The number of pyridine rings is 1. The number of hydrogen-bond donors (Lipinski definition) is 2. The molecular formula is C15H23N3O2. The number of nitrogen functional groups attached to an aromatic ring is 1.